The lowest BCUT2D eigenvalue weighted by Crippen LogP contribution is -2.59. The third-order valence-electron chi connectivity index (χ3n) is 3.79. The average Bonchev–Trinajstić information content (AvgIpc) is 2.68. The summed E-state index contributed by atoms with van der Waals surface area (Å²) in [6.45, 7) is 10.1. The smallest absolute Gasteiger partial charge is 0.222 e. The van der Waals surface area contributed by atoms with Gasteiger partial charge in [-0.05, 0) is 28.4 Å². The molecule has 0 saturated carbocycles. The Hall–Kier alpha value is -1.17. The van der Waals surface area contributed by atoms with Crippen molar-refractivity contribution in [3.63, 3.8) is 0 Å². The molecule has 3 nitrogen and oxygen atoms in total. The second-order valence-corrected chi connectivity index (χ2v) is 12.6. The highest BCUT2D eigenvalue weighted by atomic mass is 35.6. The molecule has 0 fully saturated rings. The second-order valence-electron chi connectivity index (χ2n) is 6.94. The lowest BCUT2D eigenvalue weighted by Gasteiger charge is -2.38. The monoisotopic (exact) mass is 394 g/mol. The summed E-state index contributed by atoms with van der Waals surface area (Å²) in [5.74, 6) is 0. The maximum atomic E-state index is 7.75. The Morgan fingerprint density at radius 2 is 1.15 bits per heavy atom. The molecule has 0 aromatic heterocycles. The molecule has 0 aliphatic rings. The molecule has 2 aromatic carbocycles. The maximum absolute atomic E-state index is 7.75. The molecule has 0 spiro atoms. The average molecular weight is 395 g/mol. The van der Waals surface area contributed by atoms with Crippen molar-refractivity contribution in [2.45, 2.75) is 39.2 Å². The molecule has 0 unspecified atom stereocenters. The van der Waals surface area contributed by atoms with Crippen molar-refractivity contribution in [2.75, 3.05) is 19.7 Å². The van der Waals surface area contributed by atoms with Gasteiger partial charge in [0.25, 0.3) is 0 Å². The zero-order valence-electron chi connectivity index (χ0n) is 16.6. The fraction of sp³-hybridized carbons (Fsp3) is 0.429. The van der Waals surface area contributed by atoms with E-state index in [1.807, 2.05) is 12.1 Å². The van der Waals surface area contributed by atoms with Crippen molar-refractivity contribution in [1.82, 2.24) is 0 Å². The quantitative estimate of drug-likeness (QED) is 0.551. The molecule has 0 amide bonds. The number of nitrogens with two attached hydrogens (primary N) is 2. The maximum Gasteiger partial charge on any atom is 0.222 e. The number of benzene rings is 2. The summed E-state index contributed by atoms with van der Waals surface area (Å²) >= 11 is 7.21. The van der Waals surface area contributed by atoms with E-state index in [4.69, 9.17) is 27.7 Å². The van der Waals surface area contributed by atoms with E-state index >= 15 is 0 Å². The molecule has 2 rings (SSSR count). The van der Waals surface area contributed by atoms with E-state index < -0.39 is 7.38 Å². The van der Waals surface area contributed by atoms with Gasteiger partial charge in [0.05, 0.1) is 6.61 Å². The predicted molar refractivity (Wildman–Crippen MR) is 119 cm³/mol. The lowest BCUT2D eigenvalue weighted by atomic mass is 10.2. The van der Waals surface area contributed by atoms with E-state index in [1.54, 1.807) is 0 Å². The van der Waals surface area contributed by atoms with E-state index in [2.05, 4.69) is 76.2 Å². The first-order valence-corrected chi connectivity index (χ1v) is 12.1. The van der Waals surface area contributed by atoms with Crippen LogP contribution in [0, 0.1) is 0 Å². The molecule has 0 aliphatic carbocycles. The number of hydrogen-bond donors (Lipinski definition) is 3. The van der Waals surface area contributed by atoms with E-state index in [1.165, 1.54) is 10.4 Å². The van der Waals surface area contributed by atoms with Gasteiger partial charge in [-0.15, -0.1) is 0 Å². The van der Waals surface area contributed by atoms with Gasteiger partial charge in [-0.2, -0.15) is 11.1 Å². The molecule has 26 heavy (non-hydrogen) atoms. The van der Waals surface area contributed by atoms with Crippen LogP contribution >= 0.6 is 11.1 Å². The molecule has 0 saturated heterocycles. The molecular weight excluding hydrogens is 360 g/mol. The fourth-order valence-electron chi connectivity index (χ4n) is 2.37. The molecule has 0 radical (unpaired) electrons. The Balaban J connectivity index is 0.000000662. The van der Waals surface area contributed by atoms with Crippen LogP contribution in [0.5, 0.6) is 0 Å². The van der Waals surface area contributed by atoms with Crippen molar-refractivity contribution < 1.29 is 5.11 Å². The van der Waals surface area contributed by atoms with Gasteiger partial charge in [0.1, 0.15) is 0 Å². The van der Waals surface area contributed by atoms with Gasteiger partial charge < -0.3 is 16.6 Å². The van der Waals surface area contributed by atoms with Crippen molar-refractivity contribution >= 4 is 28.8 Å². The van der Waals surface area contributed by atoms with Crippen LogP contribution in [0.4, 0.5) is 0 Å². The number of halogens is 1. The number of aliphatic hydroxyl groups is 1. The van der Waals surface area contributed by atoms with Crippen LogP contribution in [0.25, 0.3) is 0 Å². The first-order valence-electron chi connectivity index (χ1n) is 9.10. The lowest BCUT2D eigenvalue weighted by molar-refractivity contribution is 0.306. The van der Waals surface area contributed by atoms with E-state index in [0.29, 0.717) is 6.54 Å². The van der Waals surface area contributed by atoms with Gasteiger partial charge >= 0.3 is 0 Å². The number of rotatable bonds is 4. The molecule has 0 heterocycles. The Kier molecular flexibility index (Phi) is 12.5. The van der Waals surface area contributed by atoms with Crippen molar-refractivity contribution in [1.29, 1.82) is 0 Å². The summed E-state index contributed by atoms with van der Waals surface area (Å²) < 4.78 is 0. The number of hydrogen-bond acceptors (Lipinski definition) is 3. The molecule has 146 valence electrons. The van der Waals surface area contributed by atoms with Gasteiger partial charge in [-0.25, -0.2) is 0 Å². The van der Waals surface area contributed by atoms with Crippen LogP contribution in [-0.4, -0.2) is 32.2 Å². The van der Waals surface area contributed by atoms with Gasteiger partial charge in [-0.1, -0.05) is 88.4 Å². The summed E-state index contributed by atoms with van der Waals surface area (Å²) in [5, 5.41) is 10.4. The van der Waals surface area contributed by atoms with Gasteiger partial charge in [-0.3, -0.25) is 0 Å². The van der Waals surface area contributed by atoms with Crippen LogP contribution < -0.4 is 21.8 Å². The molecule has 0 aliphatic heterocycles. The summed E-state index contributed by atoms with van der Waals surface area (Å²) in [4.78, 5) is 0. The van der Waals surface area contributed by atoms with Crippen LogP contribution in [0.15, 0.2) is 60.7 Å². The minimum absolute atomic E-state index is 0.0667. The highest BCUT2D eigenvalue weighted by molar-refractivity contribution is 7.35. The minimum Gasteiger partial charge on any atom is -0.395 e. The molecule has 0 bridgehead atoms. The van der Waals surface area contributed by atoms with Crippen LogP contribution in [-0.2, 0) is 0 Å². The highest BCUT2D eigenvalue weighted by Gasteiger charge is 2.46. The largest absolute Gasteiger partial charge is 0.395 e. The zero-order chi connectivity index (χ0) is 20.1. The van der Waals surface area contributed by atoms with Crippen LogP contribution in [0.3, 0.4) is 0 Å². The summed E-state index contributed by atoms with van der Waals surface area (Å²) in [7, 11) is -2.23. The summed E-state index contributed by atoms with van der Waals surface area (Å²) in [5.41, 5.74) is 9.81. The summed E-state index contributed by atoms with van der Waals surface area (Å²) in [6, 6.07) is 21.1. The van der Waals surface area contributed by atoms with Crippen molar-refractivity contribution in [3.05, 3.63) is 60.7 Å². The predicted octanol–water partition coefficient (Wildman–Crippen LogP) is 3.08. The third-order valence-corrected chi connectivity index (χ3v) is 11.1. The normalized spacial score (nSPS) is 10.9. The second kappa shape index (κ2) is 13.1. The highest BCUT2D eigenvalue weighted by Crippen LogP contribution is 2.38. The van der Waals surface area contributed by atoms with E-state index in [9.17, 15) is 0 Å². The molecule has 5 N–H and O–H groups in total. The van der Waals surface area contributed by atoms with Gasteiger partial charge in [0.2, 0.25) is 7.38 Å². The molecule has 5 heteroatoms. The Bertz CT molecular complexity index is 526. The molecule has 0 atom stereocenters. The van der Waals surface area contributed by atoms with Crippen LogP contribution in [0.1, 0.15) is 34.1 Å². The van der Waals surface area contributed by atoms with Crippen LogP contribution in [0.2, 0.25) is 5.04 Å². The van der Waals surface area contributed by atoms with E-state index in [0.717, 1.165) is 13.0 Å². The fourth-order valence-corrected chi connectivity index (χ4v) is 6.49. The van der Waals surface area contributed by atoms with Gasteiger partial charge in [0, 0.05) is 6.54 Å². The zero-order valence-corrected chi connectivity index (χ0v) is 18.3. The Morgan fingerprint density at radius 1 is 0.846 bits per heavy atom. The summed E-state index contributed by atoms with van der Waals surface area (Å²) in [6.07, 6.45) is 1.10. The first kappa shape index (κ1) is 24.8. The molecule has 2 aromatic rings. The van der Waals surface area contributed by atoms with Crippen molar-refractivity contribution in [2.24, 2.45) is 11.5 Å². The Morgan fingerprint density at radius 3 is 1.35 bits per heavy atom. The Labute approximate surface area is 165 Å². The SMILES string of the molecule is CC(C)(C)[Si](Cl)(c1ccccc1)c1ccccc1.CCCN.NCCO. The van der Waals surface area contributed by atoms with Gasteiger partial charge in [0.15, 0.2) is 0 Å². The van der Waals surface area contributed by atoms with Crippen molar-refractivity contribution in [3.8, 4) is 0 Å². The first-order chi connectivity index (χ1) is 12.3. The van der Waals surface area contributed by atoms with E-state index in [-0.39, 0.29) is 11.6 Å². The topological polar surface area (TPSA) is 72.3 Å². The number of aliphatic hydroxyl groups excluding tert-OH is 1. The third kappa shape index (κ3) is 7.60. The minimum atomic E-state index is -2.23. The standard InChI is InChI=1S/C16H19ClSi.C3H9N.C2H7NO/c1-16(2,3)18(17,14-10-6-4-7-11-14)15-12-8-5-9-13-15;1-2-3-4;3-1-2-4/h4-13H,1-3H3;2-4H2,1H3;4H,1-3H2. The molecular formula is C21H35ClN2OSi.